The van der Waals surface area contributed by atoms with Crippen LogP contribution >= 0.6 is 0 Å². The van der Waals surface area contributed by atoms with E-state index in [1.165, 1.54) is 32.2 Å². The lowest BCUT2D eigenvalue weighted by atomic mass is 10.1. The van der Waals surface area contributed by atoms with Crippen LogP contribution in [0.15, 0.2) is 0 Å². The van der Waals surface area contributed by atoms with Gasteiger partial charge in [0.2, 0.25) is 0 Å². The average Bonchev–Trinajstić information content (AvgIpc) is 2.88. The molecule has 0 aromatic heterocycles. The van der Waals surface area contributed by atoms with Gasteiger partial charge in [0.1, 0.15) is 0 Å². The fourth-order valence-corrected chi connectivity index (χ4v) is 3.79. The van der Waals surface area contributed by atoms with Crippen LogP contribution in [0.3, 0.4) is 0 Å². The lowest BCUT2D eigenvalue weighted by Crippen LogP contribution is -2.52. The quantitative estimate of drug-likeness (QED) is 0.707. The van der Waals surface area contributed by atoms with Crippen molar-refractivity contribution in [2.24, 2.45) is 11.3 Å². The third-order valence-electron chi connectivity index (χ3n) is 5.00. The van der Waals surface area contributed by atoms with Crippen molar-refractivity contribution in [2.45, 2.75) is 44.7 Å². The number of fused-ring (bicyclic) bond motifs is 1. The molecule has 0 aromatic carbocycles. The first kappa shape index (κ1) is 10.1. The van der Waals surface area contributed by atoms with Gasteiger partial charge in [-0.1, -0.05) is 0 Å². The minimum Gasteiger partial charge on any atom is -0.396 e. The molecule has 0 amide bonds. The van der Waals surface area contributed by atoms with E-state index in [9.17, 15) is 5.11 Å². The molecule has 3 rings (SSSR count). The summed E-state index contributed by atoms with van der Waals surface area (Å²) in [5, 5.41) is 12.9. The molecule has 1 saturated heterocycles. The first-order valence-corrected chi connectivity index (χ1v) is 6.34. The Bertz CT molecular complexity index is 258. The van der Waals surface area contributed by atoms with Crippen LogP contribution in [0.25, 0.3) is 0 Å². The van der Waals surface area contributed by atoms with Gasteiger partial charge in [-0.2, -0.15) is 0 Å². The zero-order chi connectivity index (χ0) is 10.5. The largest absolute Gasteiger partial charge is 0.396 e. The number of hydrogen-bond acceptors (Lipinski definition) is 3. The summed E-state index contributed by atoms with van der Waals surface area (Å²) in [6.07, 6.45) is 5.10. The van der Waals surface area contributed by atoms with Crippen molar-refractivity contribution in [3.05, 3.63) is 0 Å². The number of aliphatic hydroxyl groups is 1. The highest BCUT2D eigenvalue weighted by Crippen LogP contribution is 2.64. The normalized spacial score (nSPS) is 50.4. The summed E-state index contributed by atoms with van der Waals surface area (Å²) in [7, 11) is 0. The predicted molar refractivity (Wildman–Crippen MR) is 59.4 cm³/mol. The topological polar surface area (TPSA) is 35.5 Å². The monoisotopic (exact) mass is 210 g/mol. The van der Waals surface area contributed by atoms with Crippen molar-refractivity contribution >= 4 is 0 Å². The molecule has 1 aliphatic heterocycles. The molecule has 2 saturated carbocycles. The van der Waals surface area contributed by atoms with Gasteiger partial charge >= 0.3 is 0 Å². The van der Waals surface area contributed by atoms with Crippen LogP contribution in [0.1, 0.15) is 32.6 Å². The summed E-state index contributed by atoms with van der Waals surface area (Å²) in [4.78, 5) is 2.64. The Kier molecular flexibility index (Phi) is 2.31. The molecule has 3 fully saturated rings. The van der Waals surface area contributed by atoms with Crippen LogP contribution in [0.4, 0.5) is 0 Å². The summed E-state index contributed by atoms with van der Waals surface area (Å²) in [5.41, 5.74) is 0.349. The van der Waals surface area contributed by atoms with Gasteiger partial charge in [-0.25, -0.2) is 0 Å². The SMILES string of the molecule is CC1CCNCN1C1CCC2(CO)C[C@H]12. The molecule has 0 radical (unpaired) electrons. The van der Waals surface area contributed by atoms with Gasteiger partial charge in [0.25, 0.3) is 0 Å². The second kappa shape index (κ2) is 3.44. The minimum atomic E-state index is 0.349. The molecule has 1 heterocycles. The number of hydrogen-bond donors (Lipinski definition) is 2. The van der Waals surface area contributed by atoms with Gasteiger partial charge in [-0.3, -0.25) is 4.90 Å². The molecule has 0 bridgehead atoms. The second-order valence-corrected chi connectivity index (χ2v) is 5.75. The lowest BCUT2D eigenvalue weighted by Gasteiger charge is -2.39. The lowest BCUT2D eigenvalue weighted by molar-refractivity contribution is 0.0865. The smallest absolute Gasteiger partial charge is 0.0490 e. The fraction of sp³-hybridized carbons (Fsp3) is 1.00. The Morgan fingerprint density at radius 3 is 2.93 bits per heavy atom. The number of rotatable bonds is 2. The number of nitrogens with zero attached hydrogens (tertiary/aromatic N) is 1. The van der Waals surface area contributed by atoms with E-state index >= 15 is 0 Å². The van der Waals surface area contributed by atoms with E-state index in [1.54, 1.807) is 0 Å². The maximum Gasteiger partial charge on any atom is 0.0490 e. The third-order valence-corrected chi connectivity index (χ3v) is 5.00. The zero-order valence-corrected chi connectivity index (χ0v) is 9.58. The molecule has 86 valence electrons. The molecule has 2 aliphatic carbocycles. The summed E-state index contributed by atoms with van der Waals surface area (Å²) in [6.45, 7) is 5.00. The van der Waals surface area contributed by atoms with Gasteiger partial charge in [0.15, 0.2) is 0 Å². The third kappa shape index (κ3) is 1.44. The zero-order valence-electron chi connectivity index (χ0n) is 9.58. The molecule has 3 heteroatoms. The van der Waals surface area contributed by atoms with Crippen LogP contribution in [0, 0.1) is 11.3 Å². The Morgan fingerprint density at radius 2 is 2.33 bits per heavy atom. The molecule has 2 N–H and O–H groups in total. The number of aliphatic hydroxyl groups excluding tert-OH is 1. The van der Waals surface area contributed by atoms with E-state index in [-0.39, 0.29) is 0 Å². The molecular formula is C12H22N2O. The van der Waals surface area contributed by atoms with E-state index in [0.29, 0.717) is 12.0 Å². The number of nitrogens with one attached hydrogen (secondary N) is 1. The summed E-state index contributed by atoms with van der Waals surface area (Å²) >= 11 is 0. The highest BCUT2D eigenvalue weighted by molar-refractivity contribution is 5.13. The summed E-state index contributed by atoms with van der Waals surface area (Å²) in [5.74, 6) is 0.796. The van der Waals surface area contributed by atoms with Gasteiger partial charge in [-0.05, 0) is 50.5 Å². The average molecular weight is 210 g/mol. The maximum atomic E-state index is 9.41. The van der Waals surface area contributed by atoms with Crippen LogP contribution in [-0.2, 0) is 0 Å². The van der Waals surface area contributed by atoms with E-state index < -0.39 is 0 Å². The van der Waals surface area contributed by atoms with Crippen molar-refractivity contribution in [2.75, 3.05) is 19.8 Å². The molecule has 3 unspecified atom stereocenters. The van der Waals surface area contributed by atoms with Gasteiger partial charge in [0, 0.05) is 25.4 Å². The second-order valence-electron chi connectivity index (χ2n) is 5.75. The van der Waals surface area contributed by atoms with E-state index in [0.717, 1.165) is 24.7 Å². The summed E-state index contributed by atoms with van der Waals surface area (Å²) < 4.78 is 0. The van der Waals surface area contributed by atoms with Crippen LogP contribution < -0.4 is 5.32 Å². The first-order chi connectivity index (χ1) is 7.27. The van der Waals surface area contributed by atoms with Crippen molar-refractivity contribution < 1.29 is 5.11 Å². The van der Waals surface area contributed by atoms with Crippen molar-refractivity contribution in [3.8, 4) is 0 Å². The highest BCUT2D eigenvalue weighted by Gasteiger charge is 2.62. The van der Waals surface area contributed by atoms with E-state index in [1.807, 2.05) is 0 Å². The van der Waals surface area contributed by atoms with Gasteiger partial charge in [0.05, 0.1) is 0 Å². The van der Waals surface area contributed by atoms with Crippen molar-refractivity contribution in [1.29, 1.82) is 0 Å². The minimum absolute atomic E-state index is 0.349. The molecular weight excluding hydrogens is 188 g/mol. The van der Waals surface area contributed by atoms with Crippen molar-refractivity contribution in [3.63, 3.8) is 0 Å². The molecule has 15 heavy (non-hydrogen) atoms. The van der Waals surface area contributed by atoms with Gasteiger partial charge in [-0.15, -0.1) is 0 Å². The Labute approximate surface area is 91.8 Å². The van der Waals surface area contributed by atoms with E-state index in [2.05, 4.69) is 17.1 Å². The Hall–Kier alpha value is -0.120. The molecule has 4 atom stereocenters. The molecule has 0 aromatic rings. The Morgan fingerprint density at radius 1 is 1.47 bits per heavy atom. The standard InChI is InChI=1S/C12H22N2O/c1-9-3-5-13-8-14(9)11-2-4-12(7-15)6-10(11)12/h9-11,13,15H,2-8H2,1H3/t9?,10-,11?,12?/m1/s1. The van der Waals surface area contributed by atoms with E-state index in [4.69, 9.17) is 0 Å². The fourth-order valence-electron chi connectivity index (χ4n) is 3.79. The summed E-state index contributed by atoms with van der Waals surface area (Å²) in [6, 6.07) is 1.48. The molecule has 0 spiro atoms. The Balaban J connectivity index is 1.68. The highest BCUT2D eigenvalue weighted by atomic mass is 16.3. The van der Waals surface area contributed by atoms with Gasteiger partial charge < -0.3 is 10.4 Å². The van der Waals surface area contributed by atoms with Crippen molar-refractivity contribution in [1.82, 2.24) is 10.2 Å². The van der Waals surface area contributed by atoms with Crippen LogP contribution in [0.5, 0.6) is 0 Å². The maximum absolute atomic E-state index is 9.41. The molecule has 3 nitrogen and oxygen atoms in total. The van der Waals surface area contributed by atoms with Crippen LogP contribution in [-0.4, -0.2) is 41.9 Å². The van der Waals surface area contributed by atoms with Crippen LogP contribution in [0.2, 0.25) is 0 Å². The molecule has 3 aliphatic rings. The first-order valence-electron chi connectivity index (χ1n) is 6.34. The predicted octanol–water partition coefficient (Wildman–Crippen LogP) is 0.789.